The molecule has 25 aromatic rings. The first-order chi connectivity index (χ1) is 73.1. The van der Waals surface area contributed by atoms with Crippen LogP contribution in [0.1, 0.15) is 17.1 Å². The zero-order valence-corrected chi connectivity index (χ0v) is 81.6. The molecular weight excluding hydrogens is 2010 g/mol. The van der Waals surface area contributed by atoms with E-state index in [9.17, 15) is 15.8 Å². The van der Waals surface area contributed by atoms with Crippen LogP contribution in [0.4, 0.5) is 51.6 Å². The van der Waals surface area contributed by atoms with Gasteiger partial charge in [-0.3, -0.25) is 4.57 Å². The second-order valence-corrected chi connectivity index (χ2v) is 34.3. The quantitative estimate of drug-likeness (QED) is 0.0647. The van der Waals surface area contributed by atoms with Gasteiger partial charge in [0.1, 0.15) is 34.8 Å². The summed E-state index contributed by atoms with van der Waals surface area (Å²) >= 11 is 0. The van der Waals surface area contributed by atoms with Crippen LogP contribution < -0.4 is 9.80 Å². The van der Waals surface area contributed by atoms with Crippen LogP contribution in [0.5, 0.6) is 0 Å². The molecule has 0 unspecified atom stereocenters. The number of nitriles is 3. The molecule has 7 heterocycles. The minimum absolute atomic E-state index is 0. The number of para-hydroxylation sites is 3. The molecule has 18 aromatic carbocycles. The molecule has 25 rings (SSSR count). The maximum atomic E-state index is 9.30. The summed E-state index contributed by atoms with van der Waals surface area (Å²) < 4.78 is 4.60. The molecule has 0 atom stereocenters. The number of pyridine rings is 1. The monoisotopic (exact) mass is 2090 g/mol. The fourth-order valence-corrected chi connectivity index (χ4v) is 18.5. The summed E-state index contributed by atoms with van der Waals surface area (Å²) in [5.41, 5.74) is 27.0. The Morgan fingerprint density at radius 1 is 0.248 bits per heavy atom. The molecule has 1 radical (unpaired) electrons. The van der Waals surface area contributed by atoms with E-state index >= 15 is 0 Å². The number of aromatic nitrogens is 12. The SMILES string of the molecule is [C-]#[N+]c1nc2c(nc1C#N)c1nc(C#N)c(C#N)nc1c1nc([N+]#[C-])c([N+]#[C-])nc21.[Ir].[c-]1ccccc1-c1ccccn1.c1ccc(-c2ccc(N(c3ccc(-c4ccccc4)cc3)c3ccc(-c4ccc(N(c5ccc(-c6ccccc6)cc5)c5ccc(-c6ccccc6)cc5)cc4)cc3)cc2)cc1.c1ccc(-c2nc(-c3ccccc3)nc(-n3c4ccccc4c4ccc5c6ccccc6n(-c6ccccc6)c5c43)n2)cc1. The Labute approximate surface area is 870 Å². The van der Waals surface area contributed by atoms with Crippen LogP contribution in [-0.2, 0) is 20.1 Å². The fraction of sp³-hybridized carbons (Fsp3) is 0. The van der Waals surface area contributed by atoms with Crippen LogP contribution in [-0.4, -0.2) is 59.0 Å². The van der Waals surface area contributed by atoms with Gasteiger partial charge in [0.2, 0.25) is 17.0 Å². The van der Waals surface area contributed by atoms with Crippen LogP contribution in [0.25, 0.3) is 193 Å². The van der Waals surface area contributed by atoms with Crippen molar-refractivity contribution in [3.05, 3.63) is 525 Å². The summed E-state index contributed by atoms with van der Waals surface area (Å²) in [5, 5.41) is 32.6. The summed E-state index contributed by atoms with van der Waals surface area (Å²) in [6.45, 7) is 21.7. The van der Waals surface area contributed by atoms with Gasteiger partial charge in [-0.1, -0.05) is 353 Å². The van der Waals surface area contributed by atoms with Crippen molar-refractivity contribution in [2.24, 2.45) is 0 Å². The summed E-state index contributed by atoms with van der Waals surface area (Å²) in [6, 6.07) is 170. The smallest absolute Gasteiger partial charge is 0.307 e. The number of hydrogen-bond acceptors (Lipinski definition) is 15. The van der Waals surface area contributed by atoms with Gasteiger partial charge in [0.25, 0.3) is 17.2 Å². The van der Waals surface area contributed by atoms with E-state index in [0.717, 1.165) is 106 Å². The largest absolute Gasteiger partial charge is 0.370 e. The molecule has 20 nitrogen and oxygen atoms in total. The summed E-state index contributed by atoms with van der Waals surface area (Å²) in [6.07, 6.45) is 1.79. The normalized spacial score (nSPS) is 10.7. The summed E-state index contributed by atoms with van der Waals surface area (Å²) in [4.78, 5) is 58.5. The number of benzene rings is 18. The van der Waals surface area contributed by atoms with Gasteiger partial charge in [-0.2, -0.15) is 25.8 Å². The number of hydrogen-bond donors (Lipinski definition) is 0. The average Bonchev–Trinajstić information content (AvgIpc) is 1.56. The van der Waals surface area contributed by atoms with Crippen molar-refractivity contribution in [2.45, 2.75) is 0 Å². The third kappa shape index (κ3) is 19.1. The molecule has 0 fully saturated rings. The van der Waals surface area contributed by atoms with Crippen molar-refractivity contribution >= 4 is 128 Å². The topological polar surface area (TPSA) is 230 Å². The van der Waals surface area contributed by atoms with E-state index in [0.29, 0.717) is 17.6 Å². The van der Waals surface area contributed by atoms with Gasteiger partial charge in [-0.05, 0) is 164 Å². The molecule has 699 valence electrons. The molecule has 0 aliphatic rings. The molecule has 0 saturated carbocycles. The minimum atomic E-state index is -0.298. The van der Waals surface area contributed by atoms with Gasteiger partial charge < -0.3 is 33.9 Å². The third-order valence-electron chi connectivity index (χ3n) is 25.5. The molecule has 21 heteroatoms. The predicted molar refractivity (Wildman–Crippen MR) is 590 cm³/mol. The number of rotatable bonds is 16. The van der Waals surface area contributed by atoms with Crippen molar-refractivity contribution < 1.29 is 20.1 Å². The van der Waals surface area contributed by atoms with Crippen molar-refractivity contribution in [3.63, 3.8) is 0 Å². The summed E-state index contributed by atoms with van der Waals surface area (Å²) in [5.74, 6) is 0.965. The Bertz CT molecular complexity index is 8690. The Morgan fingerprint density at radius 3 is 0.866 bits per heavy atom. The maximum absolute atomic E-state index is 9.30. The van der Waals surface area contributed by atoms with Gasteiger partial charge in [0.05, 0.1) is 22.1 Å². The molecule has 0 amide bonds. The molecular formula is C128H77IrN20-. The van der Waals surface area contributed by atoms with Gasteiger partial charge in [-0.25, -0.2) is 19.9 Å². The van der Waals surface area contributed by atoms with E-state index in [2.05, 4.69) is 432 Å². The predicted octanol–water partition coefficient (Wildman–Crippen LogP) is 31.7. The van der Waals surface area contributed by atoms with Gasteiger partial charge in [0, 0.05) is 98.8 Å². The van der Waals surface area contributed by atoms with Crippen LogP contribution in [0, 0.1) is 59.8 Å². The van der Waals surface area contributed by atoms with Crippen molar-refractivity contribution in [1.82, 2.24) is 59.0 Å². The first-order valence-electron chi connectivity index (χ1n) is 47.4. The van der Waals surface area contributed by atoms with E-state index in [1.54, 1.807) is 24.4 Å². The average molecular weight is 2090 g/mol. The first kappa shape index (κ1) is 94.2. The molecule has 7 aromatic heterocycles. The Morgan fingerprint density at radius 2 is 0.537 bits per heavy atom. The molecule has 0 bridgehead atoms. The van der Waals surface area contributed by atoms with Crippen molar-refractivity contribution in [2.75, 3.05) is 9.80 Å². The van der Waals surface area contributed by atoms with E-state index in [1.807, 2.05) is 103 Å². The molecule has 0 aliphatic heterocycles. The van der Waals surface area contributed by atoms with E-state index in [-0.39, 0.29) is 87.7 Å². The van der Waals surface area contributed by atoms with E-state index in [4.69, 9.17) is 34.7 Å². The zero-order chi connectivity index (χ0) is 100. The molecule has 0 N–H and O–H groups in total. The zero-order valence-electron chi connectivity index (χ0n) is 79.2. The minimum Gasteiger partial charge on any atom is -0.370 e. The van der Waals surface area contributed by atoms with Crippen molar-refractivity contribution in [1.29, 1.82) is 15.8 Å². The molecule has 0 saturated heterocycles. The second-order valence-electron chi connectivity index (χ2n) is 34.3. The first-order valence-corrected chi connectivity index (χ1v) is 47.4. The van der Waals surface area contributed by atoms with Crippen LogP contribution >= 0.6 is 0 Å². The molecule has 149 heavy (non-hydrogen) atoms. The standard InChI is InChI=1S/C60H44N2.C39H25N5.C18N12.C11H8N.Ir/c1-5-13-45(14-6-1)49-21-33-55(34-22-49)61(56-35-23-50(24-36-56)46-15-7-2-8-16-46)59-41-29-53(30-42-59)54-31-43-60(44-32-54)62(57-37-25-51(26-38-57)47-17-9-3-10-18-47)58-39-27-52(28-40-58)48-19-11-4-12-20-48;1-4-14-26(15-5-1)37-40-38(27-16-6-2-7-17-27)42-39(41-37)44-34-23-13-11-21-30(34)32-25-24-31-29-20-10-12-22-33(29)43(35(31)36(32)44)28-18-8-3-9-19-28;1-22-16-9(6-21)27-12-10-11(26-8(5-20)7(4-19)25-10)14-15(13(12)28-16)30-18(24-3)17(23-2)29-14;1-2-6-10(7-3-1)11-8-4-5-9-12-11;/h1-44H;1-25H;;1-6,8-9H;/q;;;-1;. The fourth-order valence-electron chi connectivity index (χ4n) is 18.5. The van der Waals surface area contributed by atoms with Crippen LogP contribution in [0.2, 0.25) is 0 Å². The van der Waals surface area contributed by atoms with Crippen LogP contribution in [0.3, 0.4) is 0 Å². The van der Waals surface area contributed by atoms with Gasteiger partial charge >= 0.3 is 5.82 Å². The number of fused-ring (bicyclic) bond motifs is 13. The van der Waals surface area contributed by atoms with Crippen LogP contribution in [0.15, 0.2) is 467 Å². The number of nitrogens with zero attached hydrogens (tertiary/aromatic N) is 20. The molecule has 0 spiro atoms. The Hall–Kier alpha value is -21.1. The maximum Gasteiger partial charge on any atom is 0.307 e. The van der Waals surface area contributed by atoms with Gasteiger partial charge in [0.15, 0.2) is 28.7 Å². The van der Waals surface area contributed by atoms with Gasteiger partial charge in [-0.15, -0.1) is 50.8 Å². The number of anilines is 6. The van der Waals surface area contributed by atoms with E-state index < -0.39 is 0 Å². The van der Waals surface area contributed by atoms with E-state index in [1.165, 1.54) is 55.3 Å². The Balaban J connectivity index is 0.000000129. The second kappa shape index (κ2) is 42.8. The Kier molecular flexibility index (Phi) is 27.0. The summed E-state index contributed by atoms with van der Waals surface area (Å²) in [7, 11) is 0. The molecule has 0 aliphatic carbocycles. The van der Waals surface area contributed by atoms with Crippen molar-refractivity contribution in [3.8, 4) is 120 Å². The third-order valence-corrected chi connectivity index (χ3v) is 25.5.